The molecule has 1 unspecified atom stereocenters. The summed E-state index contributed by atoms with van der Waals surface area (Å²) in [6.45, 7) is 2.09. The van der Waals surface area contributed by atoms with Crippen LogP contribution in [0.2, 0.25) is 5.02 Å². The van der Waals surface area contributed by atoms with E-state index < -0.39 is 0 Å². The lowest BCUT2D eigenvalue weighted by Gasteiger charge is -2.19. The third-order valence-electron chi connectivity index (χ3n) is 2.69. The second kappa shape index (κ2) is 4.15. The number of hydrogen-bond acceptors (Lipinski definition) is 3. The Balaban J connectivity index is 2.13. The molecule has 0 saturated carbocycles. The number of anilines is 1. The summed E-state index contributed by atoms with van der Waals surface area (Å²) in [4.78, 5) is 6.28. The fourth-order valence-electron chi connectivity index (χ4n) is 1.84. The van der Waals surface area contributed by atoms with Crippen LogP contribution in [-0.2, 0) is 0 Å². The van der Waals surface area contributed by atoms with Gasteiger partial charge in [0.1, 0.15) is 0 Å². The van der Waals surface area contributed by atoms with Gasteiger partial charge < -0.3 is 10.2 Å². The molecule has 2 rings (SSSR count). The topological polar surface area (TPSA) is 28.2 Å². The van der Waals surface area contributed by atoms with E-state index in [0.717, 1.165) is 23.8 Å². The number of rotatable bonds is 2. The summed E-state index contributed by atoms with van der Waals surface area (Å²) in [5.41, 5.74) is 1.10. The van der Waals surface area contributed by atoms with E-state index in [9.17, 15) is 0 Å². The molecular formula is C10H14ClN3. The molecule has 0 amide bonds. The minimum atomic E-state index is 0.583. The molecule has 2 heterocycles. The standard InChI is InChI=1S/C10H14ClN3/c1-12-8-3-5-14(7-8)10-2-4-13-6-9(10)11/h2,4,6,8,12H,3,5,7H2,1H3. The first-order valence-electron chi connectivity index (χ1n) is 4.83. The van der Waals surface area contributed by atoms with Crippen molar-refractivity contribution in [2.75, 3.05) is 25.0 Å². The Kier molecular flexibility index (Phi) is 2.89. The van der Waals surface area contributed by atoms with Gasteiger partial charge in [0, 0.05) is 31.5 Å². The minimum Gasteiger partial charge on any atom is -0.369 e. The highest BCUT2D eigenvalue weighted by Gasteiger charge is 2.22. The lowest BCUT2D eigenvalue weighted by atomic mass is 10.3. The summed E-state index contributed by atoms with van der Waals surface area (Å²) in [5, 5.41) is 4.02. The van der Waals surface area contributed by atoms with Crippen molar-refractivity contribution in [2.45, 2.75) is 12.5 Å². The van der Waals surface area contributed by atoms with E-state index in [0.29, 0.717) is 6.04 Å². The van der Waals surface area contributed by atoms with E-state index in [-0.39, 0.29) is 0 Å². The van der Waals surface area contributed by atoms with E-state index >= 15 is 0 Å². The van der Waals surface area contributed by atoms with Crippen LogP contribution < -0.4 is 10.2 Å². The van der Waals surface area contributed by atoms with E-state index in [2.05, 4.69) is 15.2 Å². The molecule has 1 saturated heterocycles. The summed E-state index contributed by atoms with van der Waals surface area (Å²) in [7, 11) is 2.00. The lowest BCUT2D eigenvalue weighted by Crippen LogP contribution is -2.29. The molecule has 14 heavy (non-hydrogen) atoms. The zero-order valence-electron chi connectivity index (χ0n) is 8.20. The van der Waals surface area contributed by atoms with Gasteiger partial charge in [0.15, 0.2) is 0 Å². The van der Waals surface area contributed by atoms with Crippen molar-refractivity contribution in [2.24, 2.45) is 0 Å². The van der Waals surface area contributed by atoms with Gasteiger partial charge >= 0.3 is 0 Å². The largest absolute Gasteiger partial charge is 0.369 e. The quantitative estimate of drug-likeness (QED) is 0.805. The number of likely N-dealkylation sites (N-methyl/N-ethyl adjacent to an activating group) is 1. The molecule has 0 bridgehead atoms. The molecule has 0 radical (unpaired) electrons. The molecule has 1 aliphatic heterocycles. The monoisotopic (exact) mass is 211 g/mol. The second-order valence-electron chi connectivity index (χ2n) is 3.55. The Bertz CT molecular complexity index is 316. The second-order valence-corrected chi connectivity index (χ2v) is 3.95. The maximum absolute atomic E-state index is 6.07. The van der Waals surface area contributed by atoms with Gasteiger partial charge in [-0.2, -0.15) is 0 Å². The van der Waals surface area contributed by atoms with Gasteiger partial charge in [0.2, 0.25) is 0 Å². The summed E-state index contributed by atoms with van der Waals surface area (Å²) in [6.07, 6.45) is 4.66. The van der Waals surface area contributed by atoms with Gasteiger partial charge in [-0.25, -0.2) is 0 Å². The Morgan fingerprint density at radius 1 is 1.64 bits per heavy atom. The first kappa shape index (κ1) is 9.74. The number of nitrogens with one attached hydrogen (secondary N) is 1. The fourth-order valence-corrected chi connectivity index (χ4v) is 2.08. The highest BCUT2D eigenvalue weighted by molar-refractivity contribution is 6.33. The Morgan fingerprint density at radius 3 is 3.14 bits per heavy atom. The molecular weight excluding hydrogens is 198 g/mol. The number of hydrogen-bond donors (Lipinski definition) is 1. The number of pyridine rings is 1. The predicted molar refractivity (Wildman–Crippen MR) is 58.9 cm³/mol. The van der Waals surface area contributed by atoms with E-state index in [4.69, 9.17) is 11.6 Å². The number of nitrogens with zero attached hydrogens (tertiary/aromatic N) is 2. The zero-order valence-corrected chi connectivity index (χ0v) is 8.96. The molecule has 1 atom stereocenters. The van der Waals surface area contributed by atoms with Crippen molar-refractivity contribution in [3.05, 3.63) is 23.5 Å². The maximum atomic E-state index is 6.07. The van der Waals surface area contributed by atoms with Crippen molar-refractivity contribution < 1.29 is 0 Å². The predicted octanol–water partition coefficient (Wildman–Crippen LogP) is 1.53. The van der Waals surface area contributed by atoms with E-state index in [1.165, 1.54) is 6.42 Å². The molecule has 1 fully saturated rings. The van der Waals surface area contributed by atoms with E-state index in [1.807, 2.05) is 13.1 Å². The SMILES string of the molecule is CNC1CCN(c2ccncc2Cl)C1. The van der Waals surface area contributed by atoms with Crippen LogP contribution in [0.1, 0.15) is 6.42 Å². The smallest absolute Gasteiger partial charge is 0.0822 e. The van der Waals surface area contributed by atoms with Crippen LogP contribution in [0.25, 0.3) is 0 Å². The fraction of sp³-hybridized carbons (Fsp3) is 0.500. The first-order valence-corrected chi connectivity index (χ1v) is 5.21. The molecule has 1 N–H and O–H groups in total. The van der Waals surface area contributed by atoms with E-state index in [1.54, 1.807) is 12.4 Å². The molecule has 1 aliphatic rings. The van der Waals surface area contributed by atoms with Crippen LogP contribution in [0.3, 0.4) is 0 Å². The summed E-state index contributed by atoms with van der Waals surface area (Å²) in [5.74, 6) is 0. The van der Waals surface area contributed by atoms with Crippen molar-refractivity contribution in [1.82, 2.24) is 10.3 Å². The molecule has 3 nitrogen and oxygen atoms in total. The highest BCUT2D eigenvalue weighted by atomic mass is 35.5. The average Bonchev–Trinajstić information content (AvgIpc) is 2.67. The molecule has 0 aromatic carbocycles. The average molecular weight is 212 g/mol. The van der Waals surface area contributed by atoms with Crippen LogP contribution >= 0.6 is 11.6 Å². The third-order valence-corrected chi connectivity index (χ3v) is 2.98. The van der Waals surface area contributed by atoms with Gasteiger partial charge in [-0.05, 0) is 19.5 Å². The van der Waals surface area contributed by atoms with Gasteiger partial charge in [-0.3, -0.25) is 4.98 Å². The van der Waals surface area contributed by atoms with Crippen molar-refractivity contribution in [1.29, 1.82) is 0 Å². The Hall–Kier alpha value is -0.800. The molecule has 1 aromatic rings. The normalized spacial score (nSPS) is 21.6. The highest BCUT2D eigenvalue weighted by Crippen LogP contribution is 2.27. The van der Waals surface area contributed by atoms with Crippen LogP contribution in [0.15, 0.2) is 18.5 Å². The van der Waals surface area contributed by atoms with Crippen molar-refractivity contribution in [3.63, 3.8) is 0 Å². The van der Waals surface area contributed by atoms with Crippen LogP contribution in [0.4, 0.5) is 5.69 Å². The number of aromatic nitrogens is 1. The van der Waals surface area contributed by atoms with Crippen LogP contribution in [0.5, 0.6) is 0 Å². The summed E-state index contributed by atoms with van der Waals surface area (Å²) >= 11 is 6.07. The van der Waals surface area contributed by atoms with Crippen LogP contribution in [0, 0.1) is 0 Å². The summed E-state index contributed by atoms with van der Waals surface area (Å²) < 4.78 is 0. The van der Waals surface area contributed by atoms with Gasteiger partial charge in [-0.15, -0.1) is 0 Å². The first-order chi connectivity index (χ1) is 6.81. The molecule has 1 aromatic heterocycles. The Morgan fingerprint density at radius 2 is 2.50 bits per heavy atom. The van der Waals surface area contributed by atoms with Crippen LogP contribution in [-0.4, -0.2) is 31.2 Å². The molecule has 76 valence electrons. The van der Waals surface area contributed by atoms with Gasteiger partial charge in [-0.1, -0.05) is 11.6 Å². The minimum absolute atomic E-state index is 0.583. The molecule has 0 spiro atoms. The third kappa shape index (κ3) is 1.83. The molecule has 0 aliphatic carbocycles. The van der Waals surface area contributed by atoms with Gasteiger partial charge in [0.25, 0.3) is 0 Å². The lowest BCUT2D eigenvalue weighted by molar-refractivity contribution is 0.617. The number of halogens is 1. The van der Waals surface area contributed by atoms with Gasteiger partial charge in [0.05, 0.1) is 10.7 Å². The maximum Gasteiger partial charge on any atom is 0.0822 e. The zero-order chi connectivity index (χ0) is 9.97. The Labute approximate surface area is 89.1 Å². The van der Waals surface area contributed by atoms with Crippen molar-refractivity contribution >= 4 is 17.3 Å². The summed E-state index contributed by atoms with van der Waals surface area (Å²) in [6, 6.07) is 2.56. The molecule has 4 heteroatoms. The van der Waals surface area contributed by atoms with Crippen molar-refractivity contribution in [3.8, 4) is 0 Å².